The normalized spacial score (nSPS) is 18.0. The van der Waals surface area contributed by atoms with Gasteiger partial charge in [-0.1, -0.05) is 24.3 Å². The molecule has 0 aliphatic heterocycles. The van der Waals surface area contributed by atoms with Gasteiger partial charge in [0.15, 0.2) is 0 Å². The lowest BCUT2D eigenvalue weighted by molar-refractivity contribution is 0.337. The molecule has 1 N–H and O–H groups in total. The van der Waals surface area contributed by atoms with E-state index < -0.39 is 0 Å². The third-order valence-corrected chi connectivity index (χ3v) is 4.01. The fourth-order valence-corrected chi connectivity index (χ4v) is 3.05. The Morgan fingerprint density at radius 1 is 1.35 bits per heavy atom. The molecule has 0 bridgehead atoms. The number of ether oxygens (including phenoxy) is 1. The average molecular weight is 268 g/mol. The molecule has 0 saturated carbocycles. The van der Waals surface area contributed by atoms with Crippen LogP contribution < -0.4 is 10.1 Å². The number of nitrogens with zero attached hydrogens (tertiary/aromatic N) is 1. The first kappa shape index (κ1) is 13.1. The Hall–Kier alpha value is -1.87. The summed E-state index contributed by atoms with van der Waals surface area (Å²) < 4.78 is 5.55. The number of aromatic nitrogens is 1. The summed E-state index contributed by atoms with van der Waals surface area (Å²) in [6.07, 6.45) is 4.83. The highest BCUT2D eigenvalue weighted by molar-refractivity contribution is 5.43. The van der Waals surface area contributed by atoms with E-state index in [4.69, 9.17) is 4.74 Å². The lowest BCUT2D eigenvalue weighted by atomic mass is 9.72. The topological polar surface area (TPSA) is 34.1 Å². The number of rotatable bonds is 5. The molecule has 20 heavy (non-hydrogen) atoms. The molecule has 0 radical (unpaired) electrons. The van der Waals surface area contributed by atoms with Crippen LogP contribution in [0.15, 0.2) is 42.7 Å². The van der Waals surface area contributed by atoms with Gasteiger partial charge in [0, 0.05) is 18.2 Å². The van der Waals surface area contributed by atoms with E-state index in [0.29, 0.717) is 12.5 Å². The van der Waals surface area contributed by atoms with Gasteiger partial charge < -0.3 is 10.1 Å². The van der Waals surface area contributed by atoms with E-state index in [-0.39, 0.29) is 6.04 Å². The van der Waals surface area contributed by atoms with Gasteiger partial charge in [0.25, 0.3) is 0 Å². The summed E-state index contributed by atoms with van der Waals surface area (Å²) in [5.41, 5.74) is 4.11. The predicted octanol–water partition coefficient (Wildman–Crippen LogP) is 3.08. The van der Waals surface area contributed by atoms with Crippen LogP contribution in [0.25, 0.3) is 0 Å². The monoisotopic (exact) mass is 268 g/mol. The van der Waals surface area contributed by atoms with Gasteiger partial charge in [0.2, 0.25) is 0 Å². The second kappa shape index (κ2) is 5.63. The number of fused-ring (bicyclic) bond motifs is 1. The van der Waals surface area contributed by atoms with E-state index in [0.717, 1.165) is 12.2 Å². The summed E-state index contributed by atoms with van der Waals surface area (Å²) in [4.78, 5) is 4.30. The number of pyridine rings is 1. The first-order valence-corrected chi connectivity index (χ1v) is 7.16. The van der Waals surface area contributed by atoms with Crippen molar-refractivity contribution in [1.82, 2.24) is 10.3 Å². The fourth-order valence-electron chi connectivity index (χ4n) is 3.05. The summed E-state index contributed by atoms with van der Waals surface area (Å²) in [6.45, 7) is 2.66. The van der Waals surface area contributed by atoms with Crippen LogP contribution in [-0.4, -0.2) is 18.6 Å². The Morgan fingerprint density at radius 2 is 2.20 bits per heavy atom. The van der Waals surface area contributed by atoms with Crippen LogP contribution >= 0.6 is 0 Å². The molecule has 2 unspecified atom stereocenters. The highest BCUT2D eigenvalue weighted by Gasteiger charge is 2.33. The largest absolute Gasteiger partial charge is 0.492 e. The van der Waals surface area contributed by atoms with Crippen LogP contribution in [0.2, 0.25) is 0 Å². The van der Waals surface area contributed by atoms with Gasteiger partial charge in [-0.2, -0.15) is 0 Å². The highest BCUT2D eigenvalue weighted by Crippen LogP contribution is 2.43. The van der Waals surface area contributed by atoms with Crippen molar-refractivity contribution in [3.63, 3.8) is 0 Å². The number of benzene rings is 1. The molecule has 1 aliphatic carbocycles. The molecule has 0 amide bonds. The van der Waals surface area contributed by atoms with Crippen molar-refractivity contribution < 1.29 is 4.74 Å². The fraction of sp³-hybridized carbons (Fsp3) is 0.353. The molecule has 1 aliphatic rings. The lowest BCUT2D eigenvalue weighted by Gasteiger charge is -2.36. The molecule has 1 aromatic heterocycles. The first-order valence-electron chi connectivity index (χ1n) is 7.16. The van der Waals surface area contributed by atoms with Crippen molar-refractivity contribution >= 4 is 0 Å². The van der Waals surface area contributed by atoms with E-state index in [1.165, 1.54) is 16.7 Å². The van der Waals surface area contributed by atoms with Crippen LogP contribution in [0.5, 0.6) is 5.75 Å². The zero-order valence-corrected chi connectivity index (χ0v) is 12.0. The summed E-state index contributed by atoms with van der Waals surface area (Å²) in [6, 6.07) is 11.1. The number of nitrogens with one attached hydrogen (secondary N) is 1. The molecule has 3 rings (SSSR count). The van der Waals surface area contributed by atoms with Crippen LogP contribution in [0, 0.1) is 0 Å². The van der Waals surface area contributed by atoms with Crippen molar-refractivity contribution in [3.8, 4) is 5.75 Å². The molecule has 0 fully saturated rings. The Morgan fingerprint density at radius 3 is 2.95 bits per heavy atom. The Kier molecular flexibility index (Phi) is 3.70. The molecule has 3 heteroatoms. The van der Waals surface area contributed by atoms with Gasteiger partial charge in [0.1, 0.15) is 5.75 Å². The number of likely N-dealkylation sites (N-methyl/N-ethyl adjacent to an activating group) is 1. The highest BCUT2D eigenvalue weighted by atomic mass is 16.5. The summed E-state index contributed by atoms with van der Waals surface area (Å²) in [7, 11) is 2.01. The summed E-state index contributed by atoms with van der Waals surface area (Å²) >= 11 is 0. The first-order chi connectivity index (χ1) is 9.83. The molecule has 0 spiro atoms. The van der Waals surface area contributed by atoms with Crippen LogP contribution in [0.3, 0.4) is 0 Å². The third kappa shape index (κ3) is 2.29. The van der Waals surface area contributed by atoms with Gasteiger partial charge in [-0.25, -0.2) is 0 Å². The lowest BCUT2D eigenvalue weighted by Crippen LogP contribution is -2.31. The standard InChI is InChI=1S/C17H20N2O/c1-3-20-14-8-13(10-19-11-14)17(18-2)16-9-12-6-4-5-7-15(12)16/h4-8,10-11,16-18H,3,9H2,1-2H3. The van der Waals surface area contributed by atoms with E-state index in [1.54, 1.807) is 6.20 Å². The van der Waals surface area contributed by atoms with Crippen molar-refractivity contribution in [3.05, 3.63) is 59.4 Å². The Bertz CT molecular complexity index is 597. The average Bonchev–Trinajstić information content (AvgIpc) is 2.45. The Balaban J connectivity index is 1.86. The maximum Gasteiger partial charge on any atom is 0.137 e. The molecule has 2 atom stereocenters. The zero-order chi connectivity index (χ0) is 13.9. The van der Waals surface area contributed by atoms with E-state index in [9.17, 15) is 0 Å². The molecule has 1 heterocycles. The quantitative estimate of drug-likeness (QED) is 0.905. The minimum absolute atomic E-state index is 0.290. The molecule has 104 valence electrons. The Labute approximate surface area is 120 Å². The smallest absolute Gasteiger partial charge is 0.137 e. The molecule has 1 aromatic carbocycles. The van der Waals surface area contributed by atoms with Gasteiger partial charge in [-0.15, -0.1) is 0 Å². The second-order valence-electron chi connectivity index (χ2n) is 5.16. The molecule has 3 nitrogen and oxygen atoms in total. The van der Waals surface area contributed by atoms with Gasteiger partial charge in [0.05, 0.1) is 12.8 Å². The minimum atomic E-state index is 0.290. The molecular weight excluding hydrogens is 248 g/mol. The third-order valence-electron chi connectivity index (χ3n) is 4.01. The summed E-state index contributed by atoms with van der Waals surface area (Å²) in [5, 5.41) is 3.43. The SMILES string of the molecule is CCOc1cncc(C(NC)C2Cc3ccccc32)c1. The second-order valence-corrected chi connectivity index (χ2v) is 5.16. The van der Waals surface area contributed by atoms with E-state index in [1.807, 2.05) is 20.2 Å². The number of hydrogen-bond donors (Lipinski definition) is 1. The van der Waals surface area contributed by atoms with E-state index in [2.05, 4.69) is 40.6 Å². The minimum Gasteiger partial charge on any atom is -0.492 e. The van der Waals surface area contributed by atoms with Gasteiger partial charge in [-0.05, 0) is 43.1 Å². The molecule has 2 aromatic rings. The number of hydrogen-bond acceptors (Lipinski definition) is 3. The van der Waals surface area contributed by atoms with Crippen LogP contribution in [0.1, 0.15) is 35.6 Å². The molecular formula is C17H20N2O. The summed E-state index contributed by atoms with van der Waals surface area (Å²) in [5.74, 6) is 1.37. The van der Waals surface area contributed by atoms with Gasteiger partial charge >= 0.3 is 0 Å². The maximum absolute atomic E-state index is 5.55. The van der Waals surface area contributed by atoms with Crippen molar-refractivity contribution in [2.24, 2.45) is 0 Å². The van der Waals surface area contributed by atoms with Crippen LogP contribution in [0.4, 0.5) is 0 Å². The zero-order valence-electron chi connectivity index (χ0n) is 12.0. The maximum atomic E-state index is 5.55. The molecule has 0 saturated heterocycles. The van der Waals surface area contributed by atoms with E-state index >= 15 is 0 Å². The van der Waals surface area contributed by atoms with Gasteiger partial charge in [-0.3, -0.25) is 4.98 Å². The van der Waals surface area contributed by atoms with Crippen LogP contribution in [-0.2, 0) is 6.42 Å². The predicted molar refractivity (Wildman–Crippen MR) is 80.1 cm³/mol. The van der Waals surface area contributed by atoms with Crippen molar-refractivity contribution in [2.45, 2.75) is 25.3 Å². The van der Waals surface area contributed by atoms with Crippen molar-refractivity contribution in [2.75, 3.05) is 13.7 Å². The van der Waals surface area contributed by atoms with Crippen molar-refractivity contribution in [1.29, 1.82) is 0 Å².